The maximum atomic E-state index is 13.6. The second-order valence-corrected chi connectivity index (χ2v) is 5.65. The lowest BCUT2D eigenvalue weighted by Crippen LogP contribution is -2.45. The zero-order valence-corrected chi connectivity index (χ0v) is 12.6. The number of anilines is 1. The summed E-state index contributed by atoms with van der Waals surface area (Å²) in [5, 5.41) is 0.0483. The number of nitrogens with two attached hydrogens (primary N) is 1. The standard InChI is InChI=1S/C14H17ClFN5/c1-20-2-4-21(5-3-20)14-13(8-17)18-11-6-9(15)10(16)7-12(11)19-14/h6-7H,2-5,8,17H2,1H3. The molecule has 0 saturated carbocycles. The highest BCUT2D eigenvalue weighted by molar-refractivity contribution is 6.31. The number of rotatable bonds is 2. The van der Waals surface area contributed by atoms with Gasteiger partial charge in [0.1, 0.15) is 5.82 Å². The zero-order valence-electron chi connectivity index (χ0n) is 11.8. The fourth-order valence-electron chi connectivity index (χ4n) is 2.49. The number of nitrogens with zero attached hydrogens (tertiary/aromatic N) is 4. The highest BCUT2D eigenvalue weighted by Gasteiger charge is 2.20. The van der Waals surface area contributed by atoms with Gasteiger partial charge in [-0.1, -0.05) is 11.6 Å². The van der Waals surface area contributed by atoms with Crippen LogP contribution in [0.2, 0.25) is 5.02 Å². The molecule has 0 amide bonds. The Kier molecular flexibility index (Phi) is 3.93. The van der Waals surface area contributed by atoms with Crippen LogP contribution in [0.5, 0.6) is 0 Å². The summed E-state index contributed by atoms with van der Waals surface area (Å²) in [7, 11) is 2.09. The topological polar surface area (TPSA) is 58.3 Å². The molecule has 2 N–H and O–H groups in total. The average Bonchev–Trinajstić information content (AvgIpc) is 2.48. The predicted octanol–water partition coefficient (Wildman–Crippen LogP) is 1.63. The van der Waals surface area contributed by atoms with Gasteiger partial charge in [-0.25, -0.2) is 14.4 Å². The lowest BCUT2D eigenvalue weighted by Gasteiger charge is -2.34. The number of hydrogen-bond donors (Lipinski definition) is 1. The quantitative estimate of drug-likeness (QED) is 0.914. The van der Waals surface area contributed by atoms with Crippen molar-refractivity contribution in [3.05, 3.63) is 28.7 Å². The molecule has 1 saturated heterocycles. The second-order valence-electron chi connectivity index (χ2n) is 5.24. The highest BCUT2D eigenvalue weighted by Crippen LogP contribution is 2.25. The van der Waals surface area contributed by atoms with Crippen LogP contribution in [0.25, 0.3) is 11.0 Å². The first-order chi connectivity index (χ1) is 10.1. The van der Waals surface area contributed by atoms with Gasteiger partial charge in [-0.2, -0.15) is 0 Å². The second kappa shape index (κ2) is 5.71. The Bertz CT molecular complexity index is 670. The molecule has 2 heterocycles. The Morgan fingerprint density at radius 3 is 2.52 bits per heavy atom. The van der Waals surface area contributed by atoms with Crippen molar-refractivity contribution in [1.29, 1.82) is 0 Å². The van der Waals surface area contributed by atoms with Gasteiger partial charge in [0.25, 0.3) is 0 Å². The van der Waals surface area contributed by atoms with E-state index in [-0.39, 0.29) is 5.02 Å². The molecule has 1 aromatic heterocycles. The number of halogens is 2. The predicted molar refractivity (Wildman–Crippen MR) is 82.1 cm³/mol. The van der Waals surface area contributed by atoms with Crippen LogP contribution in [-0.2, 0) is 6.54 Å². The molecule has 112 valence electrons. The van der Waals surface area contributed by atoms with Gasteiger partial charge in [-0.15, -0.1) is 0 Å². The van der Waals surface area contributed by atoms with Crippen LogP contribution in [0.4, 0.5) is 10.2 Å². The number of fused-ring (bicyclic) bond motifs is 1. The molecule has 1 fully saturated rings. The van der Waals surface area contributed by atoms with Gasteiger partial charge < -0.3 is 15.5 Å². The van der Waals surface area contributed by atoms with Crippen LogP contribution in [0, 0.1) is 5.82 Å². The molecule has 7 heteroatoms. The van der Waals surface area contributed by atoms with E-state index in [1.165, 1.54) is 12.1 Å². The van der Waals surface area contributed by atoms with Crippen LogP contribution in [0.15, 0.2) is 12.1 Å². The minimum absolute atomic E-state index is 0.0483. The lowest BCUT2D eigenvalue weighted by molar-refractivity contribution is 0.312. The van der Waals surface area contributed by atoms with E-state index in [9.17, 15) is 4.39 Å². The number of benzene rings is 1. The van der Waals surface area contributed by atoms with Gasteiger partial charge in [0.2, 0.25) is 0 Å². The molecule has 0 unspecified atom stereocenters. The Morgan fingerprint density at radius 1 is 1.19 bits per heavy atom. The molecule has 5 nitrogen and oxygen atoms in total. The fraction of sp³-hybridized carbons (Fsp3) is 0.429. The van der Waals surface area contributed by atoms with E-state index in [4.69, 9.17) is 17.3 Å². The van der Waals surface area contributed by atoms with E-state index >= 15 is 0 Å². The molecular formula is C14H17ClFN5. The summed E-state index contributed by atoms with van der Waals surface area (Å²) < 4.78 is 13.6. The van der Waals surface area contributed by atoms with Crippen molar-refractivity contribution in [2.45, 2.75) is 6.54 Å². The van der Waals surface area contributed by atoms with Crippen LogP contribution in [0.1, 0.15) is 5.69 Å². The van der Waals surface area contributed by atoms with Crippen LogP contribution in [-0.4, -0.2) is 48.1 Å². The van der Waals surface area contributed by atoms with Crippen LogP contribution >= 0.6 is 11.6 Å². The monoisotopic (exact) mass is 309 g/mol. The van der Waals surface area contributed by atoms with E-state index in [0.717, 1.165) is 37.7 Å². The van der Waals surface area contributed by atoms with Gasteiger partial charge in [0.05, 0.1) is 21.7 Å². The number of piperazine rings is 1. The average molecular weight is 310 g/mol. The number of likely N-dealkylation sites (N-methyl/N-ethyl adjacent to an activating group) is 1. The summed E-state index contributed by atoms with van der Waals surface area (Å²) in [4.78, 5) is 13.5. The van der Waals surface area contributed by atoms with Crippen molar-refractivity contribution in [1.82, 2.24) is 14.9 Å². The van der Waals surface area contributed by atoms with Gasteiger partial charge in [-0.3, -0.25) is 0 Å². The van der Waals surface area contributed by atoms with Crippen molar-refractivity contribution in [2.24, 2.45) is 5.73 Å². The first-order valence-electron chi connectivity index (χ1n) is 6.87. The van der Waals surface area contributed by atoms with E-state index in [0.29, 0.717) is 17.6 Å². The smallest absolute Gasteiger partial charge is 0.152 e. The minimum atomic E-state index is -0.483. The lowest BCUT2D eigenvalue weighted by atomic mass is 10.2. The molecule has 0 atom stereocenters. The van der Waals surface area contributed by atoms with Crippen molar-refractivity contribution in [3.8, 4) is 0 Å². The van der Waals surface area contributed by atoms with E-state index in [1.807, 2.05) is 0 Å². The SMILES string of the molecule is CN1CCN(c2nc3cc(F)c(Cl)cc3nc2CN)CC1. The maximum absolute atomic E-state index is 13.6. The molecule has 0 spiro atoms. The van der Waals surface area contributed by atoms with E-state index in [1.54, 1.807) is 0 Å². The molecule has 21 heavy (non-hydrogen) atoms. The molecule has 0 radical (unpaired) electrons. The minimum Gasteiger partial charge on any atom is -0.352 e. The van der Waals surface area contributed by atoms with Crippen molar-refractivity contribution >= 4 is 28.5 Å². The summed E-state index contributed by atoms with van der Waals surface area (Å²) in [5.41, 5.74) is 7.59. The Morgan fingerprint density at radius 2 is 1.86 bits per heavy atom. The Labute approximate surface area is 127 Å². The number of aromatic nitrogens is 2. The van der Waals surface area contributed by atoms with Gasteiger partial charge in [0.15, 0.2) is 5.82 Å². The van der Waals surface area contributed by atoms with Gasteiger partial charge in [-0.05, 0) is 13.1 Å². The number of hydrogen-bond acceptors (Lipinski definition) is 5. The summed E-state index contributed by atoms with van der Waals surface area (Å²) in [5.74, 6) is 0.267. The summed E-state index contributed by atoms with van der Waals surface area (Å²) >= 11 is 5.80. The first kappa shape index (κ1) is 14.4. The third kappa shape index (κ3) is 2.79. The molecule has 1 aliphatic rings. The Hall–Kier alpha value is -1.50. The van der Waals surface area contributed by atoms with Crippen molar-refractivity contribution in [2.75, 3.05) is 38.1 Å². The third-order valence-corrected chi connectivity index (χ3v) is 4.04. The maximum Gasteiger partial charge on any atom is 0.152 e. The third-order valence-electron chi connectivity index (χ3n) is 3.75. The first-order valence-corrected chi connectivity index (χ1v) is 7.25. The highest BCUT2D eigenvalue weighted by atomic mass is 35.5. The Balaban J connectivity index is 2.06. The largest absolute Gasteiger partial charge is 0.352 e. The molecule has 1 aliphatic heterocycles. The fourth-order valence-corrected chi connectivity index (χ4v) is 2.65. The molecular weight excluding hydrogens is 293 g/mol. The molecule has 0 aliphatic carbocycles. The van der Waals surface area contributed by atoms with Gasteiger partial charge >= 0.3 is 0 Å². The van der Waals surface area contributed by atoms with Crippen molar-refractivity contribution < 1.29 is 4.39 Å². The van der Waals surface area contributed by atoms with Crippen molar-refractivity contribution in [3.63, 3.8) is 0 Å². The summed E-state index contributed by atoms with van der Waals surface area (Å²) in [6.07, 6.45) is 0. The molecule has 3 rings (SSSR count). The van der Waals surface area contributed by atoms with E-state index in [2.05, 4.69) is 26.8 Å². The van der Waals surface area contributed by atoms with E-state index < -0.39 is 5.82 Å². The summed E-state index contributed by atoms with van der Waals surface area (Å²) in [6.45, 7) is 3.93. The van der Waals surface area contributed by atoms with Crippen LogP contribution < -0.4 is 10.6 Å². The molecule has 2 aromatic rings. The zero-order chi connectivity index (χ0) is 15.0. The summed E-state index contributed by atoms with van der Waals surface area (Å²) in [6, 6.07) is 2.82. The van der Waals surface area contributed by atoms with Crippen LogP contribution in [0.3, 0.4) is 0 Å². The molecule has 1 aromatic carbocycles. The normalized spacial score (nSPS) is 16.7. The van der Waals surface area contributed by atoms with Gasteiger partial charge in [0, 0.05) is 38.8 Å². The molecule has 0 bridgehead atoms.